The number of hydrogen-bond acceptors (Lipinski definition) is 3. The van der Waals surface area contributed by atoms with Crippen LogP contribution in [0.25, 0.3) is 0 Å². The SMILES string of the molecule is O=C(Cc1cccs1)N1CC2CNCC2(CCc2ccccc2)C1. The zero-order valence-electron chi connectivity index (χ0n) is 13.9. The summed E-state index contributed by atoms with van der Waals surface area (Å²) in [6.07, 6.45) is 2.83. The molecular weight excluding hydrogens is 316 g/mol. The van der Waals surface area contributed by atoms with Gasteiger partial charge in [-0.25, -0.2) is 0 Å². The minimum Gasteiger partial charge on any atom is -0.341 e. The van der Waals surface area contributed by atoms with E-state index < -0.39 is 0 Å². The number of benzene rings is 1. The van der Waals surface area contributed by atoms with Crippen molar-refractivity contribution in [3.05, 3.63) is 58.3 Å². The van der Waals surface area contributed by atoms with Crippen LogP contribution in [0.3, 0.4) is 0 Å². The van der Waals surface area contributed by atoms with E-state index in [-0.39, 0.29) is 5.41 Å². The van der Waals surface area contributed by atoms with Gasteiger partial charge in [-0.15, -0.1) is 11.3 Å². The van der Waals surface area contributed by atoms with E-state index in [1.807, 2.05) is 11.4 Å². The molecule has 2 aliphatic heterocycles. The Balaban J connectivity index is 1.42. The number of aryl methyl sites for hydroxylation is 1. The Morgan fingerprint density at radius 3 is 2.92 bits per heavy atom. The van der Waals surface area contributed by atoms with Crippen molar-refractivity contribution in [2.75, 3.05) is 26.2 Å². The average molecular weight is 340 g/mol. The first-order chi connectivity index (χ1) is 11.8. The zero-order chi connectivity index (χ0) is 16.4. The maximum Gasteiger partial charge on any atom is 0.227 e. The predicted octanol–water partition coefficient (Wildman–Crippen LogP) is 2.97. The summed E-state index contributed by atoms with van der Waals surface area (Å²) in [4.78, 5) is 16.0. The van der Waals surface area contributed by atoms with Crippen molar-refractivity contribution in [3.63, 3.8) is 0 Å². The first-order valence-electron chi connectivity index (χ1n) is 8.80. The molecule has 0 aliphatic carbocycles. The number of fused-ring (bicyclic) bond motifs is 1. The lowest BCUT2D eigenvalue weighted by atomic mass is 9.76. The van der Waals surface area contributed by atoms with Crippen molar-refractivity contribution >= 4 is 17.2 Å². The standard InChI is InChI=1S/C20H24N2OS/c23-19(11-18-7-4-10-24-18)22-13-17-12-21-14-20(17,15-22)9-8-16-5-2-1-3-6-16/h1-7,10,17,21H,8-9,11-15H2. The third-order valence-corrected chi connectivity index (χ3v) is 6.57. The van der Waals surface area contributed by atoms with Gasteiger partial charge in [-0.05, 0) is 35.8 Å². The van der Waals surface area contributed by atoms with Crippen LogP contribution in [-0.2, 0) is 17.6 Å². The molecule has 2 aliphatic rings. The molecule has 4 rings (SSSR count). The predicted molar refractivity (Wildman–Crippen MR) is 98.2 cm³/mol. The van der Waals surface area contributed by atoms with E-state index in [4.69, 9.17) is 0 Å². The molecule has 2 atom stereocenters. The third-order valence-electron chi connectivity index (χ3n) is 5.69. The summed E-state index contributed by atoms with van der Waals surface area (Å²) < 4.78 is 0. The quantitative estimate of drug-likeness (QED) is 0.907. The Hall–Kier alpha value is -1.65. The van der Waals surface area contributed by atoms with Gasteiger partial charge in [0.1, 0.15) is 0 Å². The number of rotatable bonds is 5. The van der Waals surface area contributed by atoms with Crippen molar-refractivity contribution in [3.8, 4) is 0 Å². The van der Waals surface area contributed by atoms with Gasteiger partial charge < -0.3 is 10.2 Å². The second-order valence-electron chi connectivity index (χ2n) is 7.21. The molecule has 2 unspecified atom stereocenters. The van der Waals surface area contributed by atoms with E-state index >= 15 is 0 Å². The van der Waals surface area contributed by atoms with E-state index in [0.29, 0.717) is 18.2 Å². The fourth-order valence-electron chi connectivity index (χ4n) is 4.28. The first-order valence-corrected chi connectivity index (χ1v) is 9.68. The first kappa shape index (κ1) is 15.9. The van der Waals surface area contributed by atoms with Crippen molar-refractivity contribution in [1.82, 2.24) is 10.2 Å². The van der Waals surface area contributed by atoms with Crippen molar-refractivity contribution in [2.24, 2.45) is 11.3 Å². The number of nitrogens with zero attached hydrogens (tertiary/aromatic N) is 1. The van der Waals surface area contributed by atoms with Crippen molar-refractivity contribution in [2.45, 2.75) is 19.3 Å². The molecule has 1 aromatic carbocycles. The molecule has 3 heterocycles. The van der Waals surface area contributed by atoms with Gasteiger partial charge in [0.05, 0.1) is 6.42 Å². The minimum absolute atomic E-state index is 0.265. The van der Waals surface area contributed by atoms with E-state index in [1.165, 1.54) is 10.4 Å². The number of nitrogens with one attached hydrogen (secondary N) is 1. The van der Waals surface area contributed by atoms with E-state index in [1.54, 1.807) is 11.3 Å². The highest BCUT2D eigenvalue weighted by Crippen LogP contribution is 2.42. The summed E-state index contributed by atoms with van der Waals surface area (Å²) in [5, 5.41) is 5.62. The fourth-order valence-corrected chi connectivity index (χ4v) is 4.98. The third kappa shape index (κ3) is 3.13. The maximum absolute atomic E-state index is 12.7. The molecule has 4 heteroatoms. The maximum atomic E-state index is 12.7. The number of likely N-dealkylation sites (tertiary alicyclic amines) is 1. The zero-order valence-corrected chi connectivity index (χ0v) is 14.7. The van der Waals surface area contributed by atoms with Gasteiger partial charge in [-0.1, -0.05) is 36.4 Å². The molecule has 2 saturated heterocycles. The monoisotopic (exact) mass is 340 g/mol. The molecule has 2 aromatic rings. The summed E-state index contributed by atoms with van der Waals surface area (Å²) in [5.74, 6) is 0.902. The molecule has 0 saturated carbocycles. The summed E-state index contributed by atoms with van der Waals surface area (Å²) in [6, 6.07) is 14.8. The Morgan fingerprint density at radius 2 is 2.12 bits per heavy atom. The number of thiophene rings is 1. The van der Waals surface area contributed by atoms with Crippen LogP contribution < -0.4 is 5.32 Å². The van der Waals surface area contributed by atoms with Crippen LogP contribution in [0.4, 0.5) is 0 Å². The van der Waals surface area contributed by atoms with Gasteiger partial charge in [-0.2, -0.15) is 0 Å². The normalized spacial score (nSPS) is 25.8. The van der Waals surface area contributed by atoms with Crippen LogP contribution in [0.15, 0.2) is 47.8 Å². The highest BCUT2D eigenvalue weighted by molar-refractivity contribution is 7.10. The number of carbonyl (C=O) groups is 1. The van der Waals surface area contributed by atoms with Gasteiger partial charge in [0.15, 0.2) is 0 Å². The van der Waals surface area contributed by atoms with Gasteiger partial charge >= 0.3 is 0 Å². The largest absolute Gasteiger partial charge is 0.341 e. The Labute approximate surface area is 147 Å². The molecule has 2 fully saturated rings. The number of amides is 1. The van der Waals surface area contributed by atoms with Gasteiger partial charge in [-0.3, -0.25) is 4.79 Å². The van der Waals surface area contributed by atoms with Crippen LogP contribution in [0.5, 0.6) is 0 Å². The van der Waals surface area contributed by atoms with Crippen LogP contribution in [0, 0.1) is 11.3 Å². The van der Waals surface area contributed by atoms with Crippen LogP contribution >= 0.6 is 11.3 Å². The lowest BCUT2D eigenvalue weighted by Crippen LogP contribution is -2.36. The van der Waals surface area contributed by atoms with E-state index in [0.717, 1.165) is 39.0 Å². The van der Waals surface area contributed by atoms with E-state index in [9.17, 15) is 4.79 Å². The van der Waals surface area contributed by atoms with Crippen molar-refractivity contribution < 1.29 is 4.79 Å². The fraction of sp³-hybridized carbons (Fsp3) is 0.450. The average Bonchev–Trinajstić information content (AvgIpc) is 3.29. The Kier molecular flexibility index (Phi) is 4.42. The molecular formula is C20H24N2OS. The lowest BCUT2D eigenvalue weighted by molar-refractivity contribution is -0.129. The van der Waals surface area contributed by atoms with Gasteiger partial charge in [0.25, 0.3) is 0 Å². The van der Waals surface area contributed by atoms with Crippen LogP contribution in [0.2, 0.25) is 0 Å². The van der Waals surface area contributed by atoms with Crippen molar-refractivity contribution in [1.29, 1.82) is 0 Å². The molecule has 0 radical (unpaired) electrons. The number of carbonyl (C=O) groups excluding carboxylic acids is 1. The van der Waals surface area contributed by atoms with E-state index in [2.05, 4.69) is 46.6 Å². The second-order valence-corrected chi connectivity index (χ2v) is 8.24. The highest BCUT2D eigenvalue weighted by Gasteiger charge is 2.50. The van der Waals surface area contributed by atoms with Gasteiger partial charge in [0.2, 0.25) is 5.91 Å². The minimum atomic E-state index is 0.265. The Bertz CT molecular complexity index is 685. The highest BCUT2D eigenvalue weighted by atomic mass is 32.1. The molecule has 0 spiro atoms. The smallest absolute Gasteiger partial charge is 0.227 e. The van der Waals surface area contributed by atoms with Crippen LogP contribution in [-0.4, -0.2) is 37.0 Å². The Morgan fingerprint density at radius 1 is 1.25 bits per heavy atom. The van der Waals surface area contributed by atoms with Gasteiger partial charge in [0, 0.05) is 36.5 Å². The summed E-state index contributed by atoms with van der Waals surface area (Å²) in [7, 11) is 0. The van der Waals surface area contributed by atoms with Crippen LogP contribution in [0.1, 0.15) is 16.9 Å². The summed E-state index contributed by atoms with van der Waals surface area (Å²) in [6.45, 7) is 3.94. The number of hydrogen-bond donors (Lipinski definition) is 1. The molecule has 0 bridgehead atoms. The summed E-state index contributed by atoms with van der Waals surface area (Å²) >= 11 is 1.68. The topological polar surface area (TPSA) is 32.3 Å². The molecule has 126 valence electrons. The lowest BCUT2D eigenvalue weighted by Gasteiger charge is -2.28. The molecule has 1 N–H and O–H groups in total. The molecule has 1 amide bonds. The molecule has 3 nitrogen and oxygen atoms in total. The second kappa shape index (κ2) is 6.69. The molecule has 24 heavy (non-hydrogen) atoms. The summed E-state index contributed by atoms with van der Waals surface area (Å²) in [5.41, 5.74) is 1.67. The molecule has 1 aromatic heterocycles.